The molecule has 21 heavy (non-hydrogen) atoms. The molecule has 0 bridgehead atoms. The summed E-state index contributed by atoms with van der Waals surface area (Å²) < 4.78 is 23.3. The molecule has 0 radical (unpaired) electrons. The Morgan fingerprint density at radius 1 is 1.24 bits per heavy atom. The van der Waals surface area contributed by atoms with Gasteiger partial charge in [-0.25, -0.2) is 8.42 Å². The lowest BCUT2D eigenvalue weighted by Gasteiger charge is -2.42. The average Bonchev–Trinajstić information content (AvgIpc) is 2.48. The minimum absolute atomic E-state index is 0.229. The Morgan fingerprint density at radius 2 is 1.95 bits per heavy atom. The molecule has 1 aliphatic rings. The maximum atomic E-state index is 11.7. The minimum atomic E-state index is -2.88. The first-order valence-corrected chi connectivity index (χ1v) is 9.83. The first-order valence-electron chi connectivity index (χ1n) is 8.01. The summed E-state index contributed by atoms with van der Waals surface area (Å²) in [6.45, 7) is 1.71. The molecule has 1 fully saturated rings. The summed E-state index contributed by atoms with van der Waals surface area (Å²) in [7, 11) is -2.88. The summed E-state index contributed by atoms with van der Waals surface area (Å²) in [5.74, 6) is 0.855. The molecule has 0 aliphatic heterocycles. The fraction of sp³-hybridized carbons (Fsp3) is 0.647. The van der Waals surface area contributed by atoms with Crippen LogP contribution < -0.4 is 5.73 Å². The van der Waals surface area contributed by atoms with Crippen molar-refractivity contribution in [2.24, 2.45) is 5.73 Å². The van der Waals surface area contributed by atoms with Crippen LogP contribution in [0.25, 0.3) is 0 Å². The van der Waals surface area contributed by atoms with Gasteiger partial charge < -0.3 is 5.73 Å². The molecule has 0 heterocycles. The summed E-state index contributed by atoms with van der Waals surface area (Å²) in [6.07, 6.45) is 5.95. The predicted molar refractivity (Wildman–Crippen MR) is 88.1 cm³/mol. The Bertz CT molecular complexity index is 541. The Morgan fingerprint density at radius 3 is 2.62 bits per heavy atom. The smallest absolute Gasteiger partial charge is 0.150 e. The number of sulfone groups is 1. The van der Waals surface area contributed by atoms with Crippen molar-refractivity contribution < 1.29 is 8.42 Å². The third-order valence-electron chi connectivity index (χ3n) is 4.82. The van der Waals surface area contributed by atoms with Gasteiger partial charge >= 0.3 is 0 Å². The van der Waals surface area contributed by atoms with E-state index in [0.717, 1.165) is 25.7 Å². The summed E-state index contributed by atoms with van der Waals surface area (Å²) >= 11 is 0. The van der Waals surface area contributed by atoms with Crippen molar-refractivity contribution in [1.82, 2.24) is 0 Å². The molecule has 3 nitrogen and oxygen atoms in total. The molecule has 0 spiro atoms. The normalized spacial score (nSPS) is 26.7. The molecule has 0 aromatic heterocycles. The van der Waals surface area contributed by atoms with Crippen LogP contribution in [0.1, 0.15) is 56.9 Å². The Hall–Kier alpha value is -0.870. The molecule has 4 heteroatoms. The lowest BCUT2D eigenvalue weighted by molar-refractivity contribution is 0.234. The van der Waals surface area contributed by atoms with Crippen LogP contribution in [0.5, 0.6) is 0 Å². The van der Waals surface area contributed by atoms with Crippen molar-refractivity contribution in [3.8, 4) is 0 Å². The number of hydrogen-bond donors (Lipinski definition) is 1. The van der Waals surface area contributed by atoms with Crippen molar-refractivity contribution >= 4 is 9.84 Å². The van der Waals surface area contributed by atoms with Crippen LogP contribution >= 0.6 is 0 Å². The second-order valence-corrected chi connectivity index (χ2v) is 8.75. The minimum Gasteiger partial charge on any atom is -0.325 e. The highest BCUT2D eigenvalue weighted by molar-refractivity contribution is 7.91. The van der Waals surface area contributed by atoms with E-state index in [4.69, 9.17) is 5.73 Å². The van der Waals surface area contributed by atoms with Crippen LogP contribution in [0.3, 0.4) is 0 Å². The molecule has 1 aromatic carbocycles. The summed E-state index contributed by atoms with van der Waals surface area (Å²) in [5.41, 5.74) is 7.77. The Kier molecular flexibility index (Phi) is 5.44. The third kappa shape index (κ3) is 4.30. The molecule has 1 aromatic rings. The molecule has 2 unspecified atom stereocenters. The fourth-order valence-electron chi connectivity index (χ4n) is 3.51. The van der Waals surface area contributed by atoms with Crippen molar-refractivity contribution in [2.45, 2.75) is 56.9 Å². The summed E-state index contributed by atoms with van der Waals surface area (Å²) in [4.78, 5) is 0. The van der Waals surface area contributed by atoms with Crippen LogP contribution in [0, 0.1) is 0 Å². The molecule has 0 amide bonds. The molecule has 2 atom stereocenters. The van der Waals surface area contributed by atoms with Gasteiger partial charge in [-0.3, -0.25) is 0 Å². The highest BCUT2D eigenvalue weighted by atomic mass is 32.2. The lowest BCUT2D eigenvalue weighted by atomic mass is 9.68. The van der Waals surface area contributed by atoms with E-state index >= 15 is 0 Å². The second kappa shape index (κ2) is 6.93. The van der Waals surface area contributed by atoms with Gasteiger partial charge in [-0.2, -0.15) is 0 Å². The van der Waals surface area contributed by atoms with Gasteiger partial charge in [0.25, 0.3) is 0 Å². The fourth-order valence-corrected chi connectivity index (χ4v) is 4.39. The molecule has 1 saturated carbocycles. The number of rotatable bonds is 6. The van der Waals surface area contributed by atoms with Crippen molar-refractivity contribution in [3.63, 3.8) is 0 Å². The maximum absolute atomic E-state index is 11.7. The van der Waals surface area contributed by atoms with Gasteiger partial charge in [0.1, 0.15) is 9.84 Å². The van der Waals surface area contributed by atoms with Gasteiger partial charge in [-0.05, 0) is 31.2 Å². The SMILES string of the molecule is CCS(=O)(=O)CCCC1(N)CCCCC1c1ccccc1. The molecular weight excluding hydrogens is 282 g/mol. The van der Waals surface area contributed by atoms with Gasteiger partial charge in [0.05, 0.1) is 5.75 Å². The number of hydrogen-bond acceptors (Lipinski definition) is 3. The average molecular weight is 309 g/mol. The highest BCUT2D eigenvalue weighted by Gasteiger charge is 2.37. The van der Waals surface area contributed by atoms with E-state index in [1.165, 1.54) is 12.0 Å². The van der Waals surface area contributed by atoms with Gasteiger partial charge in [0.2, 0.25) is 0 Å². The molecule has 0 saturated heterocycles. The topological polar surface area (TPSA) is 60.2 Å². The molecule has 2 N–H and O–H groups in total. The number of benzene rings is 1. The maximum Gasteiger partial charge on any atom is 0.150 e. The van der Waals surface area contributed by atoms with E-state index in [1.807, 2.05) is 6.07 Å². The largest absolute Gasteiger partial charge is 0.325 e. The zero-order chi connectivity index (χ0) is 15.3. The zero-order valence-corrected chi connectivity index (χ0v) is 13.7. The number of nitrogens with two attached hydrogens (primary N) is 1. The second-order valence-electron chi connectivity index (χ2n) is 6.28. The standard InChI is InChI=1S/C17H27NO2S/c1-2-21(19,20)14-8-13-17(18)12-7-6-11-16(17)15-9-4-3-5-10-15/h3-5,9-10,16H,2,6-8,11-14,18H2,1H3. The van der Waals surface area contributed by atoms with E-state index in [0.29, 0.717) is 12.3 Å². The third-order valence-corrected chi connectivity index (χ3v) is 6.61. The van der Waals surface area contributed by atoms with E-state index in [1.54, 1.807) is 6.92 Å². The molecule has 2 rings (SSSR count). The predicted octanol–water partition coefficient (Wildman–Crippen LogP) is 3.26. The molecular formula is C17H27NO2S. The van der Waals surface area contributed by atoms with Crippen molar-refractivity contribution in [1.29, 1.82) is 0 Å². The molecule has 1 aliphatic carbocycles. The van der Waals surface area contributed by atoms with Gasteiger partial charge in [-0.15, -0.1) is 0 Å². The first-order chi connectivity index (χ1) is 9.97. The van der Waals surface area contributed by atoms with Gasteiger partial charge in [0, 0.05) is 17.2 Å². The monoisotopic (exact) mass is 309 g/mol. The zero-order valence-electron chi connectivity index (χ0n) is 12.9. The highest BCUT2D eigenvalue weighted by Crippen LogP contribution is 2.41. The Balaban J connectivity index is 2.06. The van der Waals surface area contributed by atoms with Crippen LogP contribution in [0.15, 0.2) is 30.3 Å². The van der Waals surface area contributed by atoms with E-state index < -0.39 is 9.84 Å². The van der Waals surface area contributed by atoms with Crippen LogP contribution in [0.4, 0.5) is 0 Å². The van der Waals surface area contributed by atoms with Crippen molar-refractivity contribution in [2.75, 3.05) is 11.5 Å². The quantitative estimate of drug-likeness (QED) is 0.877. The summed E-state index contributed by atoms with van der Waals surface area (Å²) in [5, 5.41) is 0. The summed E-state index contributed by atoms with van der Waals surface area (Å²) in [6, 6.07) is 10.5. The van der Waals surface area contributed by atoms with E-state index in [-0.39, 0.29) is 17.0 Å². The van der Waals surface area contributed by atoms with E-state index in [2.05, 4.69) is 24.3 Å². The molecule has 118 valence electrons. The van der Waals surface area contributed by atoms with E-state index in [9.17, 15) is 8.42 Å². The Labute approximate surface area is 128 Å². The van der Waals surface area contributed by atoms with Crippen LogP contribution in [0.2, 0.25) is 0 Å². The van der Waals surface area contributed by atoms with Crippen molar-refractivity contribution in [3.05, 3.63) is 35.9 Å². The van der Waals surface area contributed by atoms with Crippen LogP contribution in [-0.4, -0.2) is 25.5 Å². The van der Waals surface area contributed by atoms with Crippen LogP contribution in [-0.2, 0) is 9.84 Å². The lowest BCUT2D eigenvalue weighted by Crippen LogP contribution is -2.48. The van der Waals surface area contributed by atoms with Gasteiger partial charge in [0.15, 0.2) is 0 Å². The first kappa shape index (κ1) is 16.5. The van der Waals surface area contributed by atoms with Gasteiger partial charge in [-0.1, -0.05) is 50.1 Å².